The fourth-order valence-electron chi connectivity index (χ4n) is 2.44. The topological polar surface area (TPSA) is 134 Å². The van der Waals surface area contributed by atoms with E-state index in [0.717, 1.165) is 4.57 Å². The van der Waals surface area contributed by atoms with Crippen LogP contribution in [0.5, 0.6) is 0 Å². The van der Waals surface area contributed by atoms with Crippen LogP contribution in [0.3, 0.4) is 0 Å². The van der Waals surface area contributed by atoms with E-state index in [4.69, 9.17) is 5.11 Å². The third kappa shape index (κ3) is 2.56. The summed E-state index contributed by atoms with van der Waals surface area (Å²) in [7, 11) is 0. The maximum absolute atomic E-state index is 12.1. The quantitative estimate of drug-likeness (QED) is 0.659. The molecule has 3 rings (SSSR count). The minimum Gasteiger partial charge on any atom is -0.481 e. The Kier molecular flexibility index (Phi) is 3.71. The molecule has 24 heavy (non-hydrogen) atoms. The van der Waals surface area contributed by atoms with Crippen LogP contribution in [-0.2, 0) is 11.3 Å². The number of aromatic nitrogens is 4. The molecule has 0 saturated carbocycles. The number of carboxylic acid groups (broad SMARTS) is 1. The first-order valence-corrected chi connectivity index (χ1v) is 6.92. The molecule has 2 aromatic heterocycles. The molecule has 0 bridgehead atoms. The Hall–Kier alpha value is -3.67. The van der Waals surface area contributed by atoms with E-state index in [0.29, 0.717) is 11.2 Å². The molecule has 0 atom stereocenters. The molecule has 0 aliphatic heterocycles. The van der Waals surface area contributed by atoms with Gasteiger partial charge in [0.2, 0.25) is 0 Å². The maximum Gasteiger partial charge on any atom is 0.316 e. The van der Waals surface area contributed by atoms with E-state index in [9.17, 15) is 19.6 Å². The highest BCUT2D eigenvalue weighted by Gasteiger charge is 2.13. The molecule has 0 spiro atoms. The second kappa shape index (κ2) is 5.85. The molecule has 1 aromatic carbocycles. The second-order valence-corrected chi connectivity index (χ2v) is 5.02. The van der Waals surface area contributed by atoms with E-state index >= 15 is 0 Å². The number of fused-ring (bicyclic) bond motifs is 1. The first-order chi connectivity index (χ1) is 11.5. The summed E-state index contributed by atoms with van der Waals surface area (Å²) in [6.07, 6.45) is 4.36. The van der Waals surface area contributed by atoms with Crippen molar-refractivity contribution >= 4 is 17.0 Å². The Morgan fingerprint density at radius 3 is 2.79 bits per heavy atom. The number of nitriles is 1. The predicted molar refractivity (Wildman–Crippen MR) is 82.9 cm³/mol. The lowest BCUT2D eigenvalue weighted by atomic mass is 10.1. The third-order valence-electron chi connectivity index (χ3n) is 3.54. The molecule has 0 fully saturated rings. The van der Waals surface area contributed by atoms with Crippen LogP contribution in [0.15, 0.2) is 40.4 Å². The van der Waals surface area contributed by atoms with Crippen LogP contribution >= 0.6 is 0 Å². The van der Waals surface area contributed by atoms with Crippen molar-refractivity contribution in [2.45, 2.75) is 13.0 Å². The fraction of sp³-hybridized carbons (Fsp3) is 0.133. The zero-order valence-corrected chi connectivity index (χ0v) is 12.3. The van der Waals surface area contributed by atoms with Crippen molar-refractivity contribution in [3.05, 3.63) is 57.1 Å². The summed E-state index contributed by atoms with van der Waals surface area (Å²) in [6.45, 7) is -0.149. The number of nitrogens with one attached hydrogen (secondary N) is 1. The Morgan fingerprint density at radius 2 is 2.17 bits per heavy atom. The number of aliphatic carboxylic acids is 1. The van der Waals surface area contributed by atoms with Gasteiger partial charge in [-0.25, -0.2) is 4.98 Å². The van der Waals surface area contributed by atoms with Gasteiger partial charge in [0.25, 0.3) is 0 Å². The molecule has 0 amide bonds. The molecule has 0 aliphatic carbocycles. The van der Waals surface area contributed by atoms with Crippen molar-refractivity contribution in [1.29, 1.82) is 5.26 Å². The van der Waals surface area contributed by atoms with Gasteiger partial charge in [-0.3, -0.25) is 14.4 Å². The van der Waals surface area contributed by atoms with Crippen LogP contribution in [0.25, 0.3) is 16.7 Å². The van der Waals surface area contributed by atoms with Crippen LogP contribution in [0, 0.1) is 11.3 Å². The summed E-state index contributed by atoms with van der Waals surface area (Å²) < 4.78 is 2.69. The van der Waals surface area contributed by atoms with E-state index in [1.165, 1.54) is 18.6 Å². The Morgan fingerprint density at radius 1 is 1.38 bits per heavy atom. The third-order valence-corrected chi connectivity index (χ3v) is 3.54. The summed E-state index contributed by atoms with van der Waals surface area (Å²) >= 11 is 0. The zero-order valence-electron chi connectivity index (χ0n) is 12.3. The normalized spacial score (nSPS) is 10.6. The molecule has 3 aromatic rings. The van der Waals surface area contributed by atoms with Crippen LogP contribution < -0.4 is 11.1 Å². The van der Waals surface area contributed by atoms with E-state index < -0.39 is 17.1 Å². The summed E-state index contributed by atoms with van der Waals surface area (Å²) in [5, 5.41) is 18.2. The van der Waals surface area contributed by atoms with E-state index in [2.05, 4.69) is 9.97 Å². The summed E-state index contributed by atoms with van der Waals surface area (Å²) in [5.74, 6) is -1.08. The molecule has 0 saturated heterocycles. The van der Waals surface area contributed by atoms with Gasteiger partial charge in [0.15, 0.2) is 0 Å². The van der Waals surface area contributed by atoms with Crippen molar-refractivity contribution in [3.8, 4) is 11.8 Å². The van der Waals surface area contributed by atoms with Gasteiger partial charge in [0.1, 0.15) is 6.07 Å². The van der Waals surface area contributed by atoms with Crippen LogP contribution in [-0.4, -0.2) is 30.2 Å². The Balaban J connectivity index is 2.33. The van der Waals surface area contributed by atoms with Gasteiger partial charge < -0.3 is 19.2 Å². The average Bonchev–Trinajstić information content (AvgIpc) is 3.08. The van der Waals surface area contributed by atoms with Crippen LogP contribution in [0.4, 0.5) is 0 Å². The van der Waals surface area contributed by atoms with E-state index in [1.807, 2.05) is 6.07 Å². The number of H-pyrrole nitrogens is 1. The van der Waals surface area contributed by atoms with Gasteiger partial charge in [-0.15, -0.1) is 0 Å². The highest BCUT2D eigenvalue weighted by Crippen LogP contribution is 2.20. The number of aromatic amines is 1. The van der Waals surface area contributed by atoms with Crippen molar-refractivity contribution < 1.29 is 9.90 Å². The summed E-state index contributed by atoms with van der Waals surface area (Å²) in [6, 6.07) is 5.03. The Labute approximate surface area is 134 Å². The molecule has 120 valence electrons. The van der Waals surface area contributed by atoms with Crippen molar-refractivity contribution in [3.63, 3.8) is 0 Å². The van der Waals surface area contributed by atoms with E-state index in [-0.39, 0.29) is 24.0 Å². The number of rotatable bonds is 4. The minimum absolute atomic E-state index is 0.149. The smallest absolute Gasteiger partial charge is 0.316 e. The van der Waals surface area contributed by atoms with Gasteiger partial charge in [0, 0.05) is 18.9 Å². The number of aryl methyl sites for hydroxylation is 1. The lowest BCUT2D eigenvalue weighted by molar-refractivity contribution is -0.137. The SMILES string of the molecule is N#Cc1cc2[nH]c(=O)c(=O)n(CCC(=O)O)c2cc1-n1ccnc1. The molecule has 2 heterocycles. The molecule has 0 unspecified atom stereocenters. The maximum atomic E-state index is 12.1. The molecule has 0 radical (unpaired) electrons. The first kappa shape index (κ1) is 15.2. The number of hydrogen-bond acceptors (Lipinski definition) is 5. The second-order valence-electron chi connectivity index (χ2n) is 5.02. The van der Waals surface area contributed by atoms with Gasteiger partial charge >= 0.3 is 17.1 Å². The van der Waals surface area contributed by atoms with Crippen LogP contribution in [0.2, 0.25) is 0 Å². The minimum atomic E-state index is -1.08. The van der Waals surface area contributed by atoms with Crippen molar-refractivity contribution in [2.24, 2.45) is 0 Å². The standard InChI is InChI=1S/C15H11N5O4/c16-7-9-5-10-12(6-11(9)19-4-2-17-8-19)20(3-1-13(21)22)15(24)14(23)18-10/h2,4-6,8H,1,3H2,(H,18,23)(H,21,22). The van der Waals surface area contributed by atoms with Crippen molar-refractivity contribution in [1.82, 2.24) is 19.1 Å². The predicted octanol–water partition coefficient (Wildman–Crippen LogP) is 0.222. The highest BCUT2D eigenvalue weighted by atomic mass is 16.4. The lowest BCUT2D eigenvalue weighted by Gasteiger charge is -2.12. The number of carboxylic acids is 1. The number of nitrogens with zero attached hydrogens (tertiary/aromatic N) is 4. The largest absolute Gasteiger partial charge is 0.481 e. The highest BCUT2D eigenvalue weighted by molar-refractivity contribution is 5.80. The van der Waals surface area contributed by atoms with Gasteiger partial charge in [0.05, 0.1) is 35.0 Å². The fourth-order valence-corrected chi connectivity index (χ4v) is 2.44. The number of hydrogen-bond donors (Lipinski definition) is 2. The molecular formula is C15H11N5O4. The monoisotopic (exact) mass is 325 g/mol. The molecular weight excluding hydrogens is 314 g/mol. The number of imidazole rings is 1. The van der Waals surface area contributed by atoms with Crippen molar-refractivity contribution in [2.75, 3.05) is 0 Å². The molecule has 9 nitrogen and oxygen atoms in total. The van der Waals surface area contributed by atoms with Gasteiger partial charge in [-0.05, 0) is 12.1 Å². The summed E-state index contributed by atoms with van der Waals surface area (Å²) in [5.41, 5.74) is -0.344. The first-order valence-electron chi connectivity index (χ1n) is 6.92. The molecule has 2 N–H and O–H groups in total. The average molecular weight is 325 g/mol. The number of benzene rings is 1. The lowest BCUT2D eigenvalue weighted by Crippen LogP contribution is -2.36. The zero-order chi connectivity index (χ0) is 17.3. The van der Waals surface area contributed by atoms with Gasteiger partial charge in [-0.2, -0.15) is 5.26 Å². The molecule has 0 aliphatic rings. The summed E-state index contributed by atoms with van der Waals surface area (Å²) in [4.78, 5) is 41.0. The Bertz CT molecular complexity index is 1090. The number of carbonyl (C=O) groups is 1. The van der Waals surface area contributed by atoms with Gasteiger partial charge in [-0.1, -0.05) is 0 Å². The molecule has 9 heteroatoms. The van der Waals surface area contributed by atoms with Crippen LogP contribution in [0.1, 0.15) is 12.0 Å². The van der Waals surface area contributed by atoms with E-state index in [1.54, 1.807) is 16.8 Å².